The maximum absolute atomic E-state index is 13.4. The van der Waals surface area contributed by atoms with E-state index >= 15 is 0 Å². The number of hydrogen-bond donors (Lipinski definition) is 1. The summed E-state index contributed by atoms with van der Waals surface area (Å²) in [7, 11) is 0. The summed E-state index contributed by atoms with van der Waals surface area (Å²) in [6.45, 7) is -5.48. The summed E-state index contributed by atoms with van der Waals surface area (Å²) in [6, 6.07) is 0. The second-order valence-corrected chi connectivity index (χ2v) is 6.96. The summed E-state index contributed by atoms with van der Waals surface area (Å²) in [6.07, 6.45) is -30.0. The lowest BCUT2D eigenvalue weighted by molar-refractivity contribution is -0.384. The number of rotatable bonds is 12. The van der Waals surface area contributed by atoms with Crippen LogP contribution in [0.1, 0.15) is 12.8 Å². The molecule has 0 unspecified atom stereocenters. The zero-order valence-corrected chi connectivity index (χ0v) is 16.3. The Labute approximate surface area is 172 Å². The Balaban J connectivity index is 5.42. The fraction of sp³-hybridized carbons (Fsp3) is 1.00. The first-order chi connectivity index (χ1) is 13.4. The number of ether oxygens (including phenoxy) is 2. The molecule has 188 valence electrons. The SMILES string of the molecule is OCC(CBr)(COC(F)(F)C(F)(F)CC(F)(F)F)COC(F)(F)C(F)(F)CC(F)(F)F. The molecule has 0 bridgehead atoms. The van der Waals surface area contributed by atoms with E-state index in [0.717, 1.165) is 0 Å². The predicted molar refractivity (Wildman–Crippen MR) is 76.3 cm³/mol. The lowest BCUT2D eigenvalue weighted by Gasteiger charge is -2.35. The van der Waals surface area contributed by atoms with Crippen LogP contribution < -0.4 is 0 Å². The third-order valence-corrected chi connectivity index (χ3v) is 4.62. The highest BCUT2D eigenvalue weighted by Gasteiger charge is 2.64. The van der Waals surface area contributed by atoms with E-state index in [4.69, 9.17) is 5.11 Å². The van der Waals surface area contributed by atoms with Crippen molar-refractivity contribution in [2.24, 2.45) is 5.41 Å². The van der Waals surface area contributed by atoms with Gasteiger partial charge in [-0.25, -0.2) is 0 Å². The molecule has 0 heterocycles. The molecule has 0 aliphatic rings. The Hall–Kier alpha value is -0.620. The van der Waals surface area contributed by atoms with Crippen molar-refractivity contribution in [1.29, 1.82) is 0 Å². The number of aliphatic hydroxyl groups is 1. The van der Waals surface area contributed by atoms with Crippen molar-refractivity contribution in [3.05, 3.63) is 0 Å². The molecule has 1 N–H and O–H groups in total. The minimum absolute atomic E-state index is 0.974. The summed E-state index contributed by atoms with van der Waals surface area (Å²) in [5.41, 5.74) is -2.67. The minimum Gasteiger partial charge on any atom is -0.396 e. The molecule has 0 saturated carbocycles. The molecule has 0 amide bonds. The van der Waals surface area contributed by atoms with Crippen LogP contribution in [0.25, 0.3) is 0 Å². The molecular weight excluding hydrogens is 550 g/mol. The normalized spacial score (nSPS) is 15.5. The van der Waals surface area contributed by atoms with E-state index in [1.807, 2.05) is 0 Å². The van der Waals surface area contributed by atoms with Crippen molar-refractivity contribution in [2.75, 3.05) is 25.2 Å². The lowest BCUT2D eigenvalue weighted by Crippen LogP contribution is -2.51. The molecule has 0 radical (unpaired) electrons. The van der Waals surface area contributed by atoms with Crippen LogP contribution in [0.3, 0.4) is 0 Å². The standard InChI is InChI=1S/C13H13BrF14O3/c14-3-7(4-29,5-30-12(25,26)8(15,16)1-10(19,20)21)6-31-13(27,28)9(17,18)2-11(22,23)24/h29H,1-6H2. The first kappa shape index (κ1) is 30.4. The fourth-order valence-corrected chi connectivity index (χ4v) is 2.16. The van der Waals surface area contributed by atoms with Gasteiger partial charge < -0.3 is 14.6 Å². The van der Waals surface area contributed by atoms with E-state index in [9.17, 15) is 61.5 Å². The summed E-state index contributed by atoms with van der Waals surface area (Å²) in [5, 5.41) is 8.16. The molecule has 0 aromatic heterocycles. The highest BCUT2D eigenvalue weighted by atomic mass is 79.9. The van der Waals surface area contributed by atoms with Gasteiger partial charge in [0.2, 0.25) is 0 Å². The summed E-state index contributed by atoms with van der Waals surface area (Å²) in [4.78, 5) is 0. The lowest BCUT2D eigenvalue weighted by atomic mass is 9.94. The van der Waals surface area contributed by atoms with Gasteiger partial charge in [-0.3, -0.25) is 0 Å². The van der Waals surface area contributed by atoms with E-state index < -0.39 is 79.8 Å². The maximum atomic E-state index is 13.4. The molecule has 3 nitrogen and oxygen atoms in total. The van der Waals surface area contributed by atoms with Crippen molar-refractivity contribution in [1.82, 2.24) is 0 Å². The van der Waals surface area contributed by atoms with E-state index in [1.165, 1.54) is 0 Å². The number of halogens is 15. The minimum atomic E-state index is -5.87. The number of aliphatic hydroxyl groups excluding tert-OH is 1. The van der Waals surface area contributed by atoms with Crippen LogP contribution in [0.2, 0.25) is 0 Å². The third kappa shape index (κ3) is 9.03. The molecule has 0 fully saturated rings. The molecule has 0 aliphatic heterocycles. The third-order valence-electron chi connectivity index (χ3n) is 3.43. The van der Waals surface area contributed by atoms with Crippen LogP contribution in [0.4, 0.5) is 61.5 Å². The van der Waals surface area contributed by atoms with Gasteiger partial charge in [-0.2, -0.15) is 61.5 Å². The van der Waals surface area contributed by atoms with E-state index in [0.29, 0.717) is 0 Å². The molecule has 0 aromatic rings. The topological polar surface area (TPSA) is 38.7 Å². The summed E-state index contributed by atoms with van der Waals surface area (Å²) < 4.78 is 185. The Morgan fingerprint density at radius 3 is 1.06 bits per heavy atom. The maximum Gasteiger partial charge on any atom is 0.419 e. The number of alkyl halides is 15. The average Bonchev–Trinajstić information content (AvgIpc) is 2.51. The second kappa shape index (κ2) is 9.70. The van der Waals surface area contributed by atoms with Gasteiger partial charge in [0.25, 0.3) is 0 Å². The van der Waals surface area contributed by atoms with Crippen molar-refractivity contribution >= 4 is 15.9 Å². The van der Waals surface area contributed by atoms with E-state index in [1.54, 1.807) is 0 Å². The molecule has 0 aromatic carbocycles. The Morgan fingerprint density at radius 2 is 0.871 bits per heavy atom. The van der Waals surface area contributed by atoms with Gasteiger partial charge >= 0.3 is 36.4 Å². The Morgan fingerprint density at radius 1 is 0.581 bits per heavy atom. The van der Waals surface area contributed by atoms with Crippen LogP contribution in [0.15, 0.2) is 0 Å². The van der Waals surface area contributed by atoms with Gasteiger partial charge in [-0.15, -0.1) is 0 Å². The zero-order chi connectivity index (χ0) is 25.2. The van der Waals surface area contributed by atoms with Crippen molar-refractivity contribution < 1.29 is 76.0 Å². The zero-order valence-electron chi connectivity index (χ0n) is 14.7. The molecule has 0 rings (SSSR count). The molecule has 0 saturated heterocycles. The Kier molecular flexibility index (Phi) is 9.51. The molecule has 0 spiro atoms. The molecule has 31 heavy (non-hydrogen) atoms. The van der Waals surface area contributed by atoms with Crippen LogP contribution >= 0.6 is 15.9 Å². The first-order valence-corrected chi connectivity index (χ1v) is 8.66. The largest absolute Gasteiger partial charge is 0.419 e. The molecule has 0 aliphatic carbocycles. The molecule has 0 atom stereocenters. The van der Waals surface area contributed by atoms with Crippen LogP contribution in [-0.4, -0.2) is 66.7 Å². The highest BCUT2D eigenvalue weighted by Crippen LogP contribution is 2.46. The molecule has 18 heteroatoms. The number of hydrogen-bond acceptors (Lipinski definition) is 3. The predicted octanol–water partition coefficient (Wildman–Crippen LogP) is 5.75. The van der Waals surface area contributed by atoms with Crippen molar-refractivity contribution in [3.8, 4) is 0 Å². The van der Waals surface area contributed by atoms with Gasteiger partial charge in [-0.1, -0.05) is 15.9 Å². The van der Waals surface area contributed by atoms with Crippen molar-refractivity contribution in [3.63, 3.8) is 0 Å². The quantitative estimate of drug-likeness (QED) is 0.243. The van der Waals surface area contributed by atoms with E-state index in [2.05, 4.69) is 25.4 Å². The summed E-state index contributed by atoms with van der Waals surface area (Å²) >= 11 is 2.42. The molecular formula is C13H13BrF14O3. The van der Waals surface area contributed by atoms with Crippen LogP contribution in [0.5, 0.6) is 0 Å². The summed E-state index contributed by atoms with van der Waals surface area (Å²) in [5.74, 6) is -11.7. The van der Waals surface area contributed by atoms with Gasteiger partial charge in [0.1, 0.15) is 12.8 Å². The Bertz CT molecular complexity index is 525. The van der Waals surface area contributed by atoms with Crippen LogP contribution in [-0.2, 0) is 9.47 Å². The highest BCUT2D eigenvalue weighted by molar-refractivity contribution is 9.09. The van der Waals surface area contributed by atoms with Gasteiger partial charge in [0.05, 0.1) is 25.2 Å². The second-order valence-electron chi connectivity index (χ2n) is 6.40. The first-order valence-electron chi connectivity index (χ1n) is 7.54. The van der Waals surface area contributed by atoms with E-state index in [-0.39, 0.29) is 0 Å². The van der Waals surface area contributed by atoms with Gasteiger partial charge in [0, 0.05) is 5.33 Å². The monoisotopic (exact) mass is 562 g/mol. The average molecular weight is 563 g/mol. The fourth-order valence-electron chi connectivity index (χ4n) is 1.66. The van der Waals surface area contributed by atoms with Crippen LogP contribution in [0, 0.1) is 5.41 Å². The van der Waals surface area contributed by atoms with Gasteiger partial charge in [0.15, 0.2) is 0 Å². The smallest absolute Gasteiger partial charge is 0.396 e. The van der Waals surface area contributed by atoms with Gasteiger partial charge in [-0.05, 0) is 0 Å². The van der Waals surface area contributed by atoms with Crippen molar-refractivity contribution in [2.45, 2.75) is 49.3 Å².